The Kier molecular flexibility index (Phi) is 5.78. The SMILES string of the molecule is CN(Cc1ccc(C(C)(C)C)cc1)C(=O)CN1C(=O)COc2ccc([N+](=O)[O-])cc21. The van der Waals surface area contributed by atoms with Crippen LogP contribution in [0.4, 0.5) is 11.4 Å². The highest BCUT2D eigenvalue weighted by Gasteiger charge is 2.30. The minimum Gasteiger partial charge on any atom is -0.482 e. The Hall–Kier alpha value is -3.42. The van der Waals surface area contributed by atoms with Gasteiger partial charge in [-0.3, -0.25) is 24.6 Å². The molecule has 158 valence electrons. The molecule has 0 N–H and O–H groups in total. The summed E-state index contributed by atoms with van der Waals surface area (Å²) >= 11 is 0. The highest BCUT2D eigenvalue weighted by Crippen LogP contribution is 2.35. The number of hydrogen-bond donors (Lipinski definition) is 0. The van der Waals surface area contributed by atoms with Crippen molar-refractivity contribution in [3.8, 4) is 5.75 Å². The molecule has 0 spiro atoms. The summed E-state index contributed by atoms with van der Waals surface area (Å²) in [6.45, 7) is 6.38. The summed E-state index contributed by atoms with van der Waals surface area (Å²) < 4.78 is 5.34. The van der Waals surface area contributed by atoms with Gasteiger partial charge in [-0.25, -0.2) is 0 Å². The predicted octanol–water partition coefficient (Wildman–Crippen LogP) is 3.28. The standard InChI is InChI=1S/C22H25N3O5/c1-22(2,3)16-7-5-15(6-8-16)12-23(4)20(26)13-24-18-11-17(25(28)29)9-10-19(18)30-14-21(24)27/h5-11H,12-14H2,1-4H3. The van der Waals surface area contributed by atoms with Crippen molar-refractivity contribution in [3.63, 3.8) is 0 Å². The van der Waals surface area contributed by atoms with E-state index in [1.165, 1.54) is 33.6 Å². The molecule has 1 heterocycles. The number of benzene rings is 2. The molecule has 0 radical (unpaired) electrons. The van der Waals surface area contributed by atoms with Gasteiger partial charge in [0.05, 0.1) is 10.6 Å². The Morgan fingerprint density at radius 2 is 1.87 bits per heavy atom. The van der Waals surface area contributed by atoms with E-state index in [0.29, 0.717) is 12.3 Å². The highest BCUT2D eigenvalue weighted by molar-refractivity contribution is 6.02. The van der Waals surface area contributed by atoms with Crippen molar-refractivity contribution in [3.05, 3.63) is 63.7 Å². The first-order valence-corrected chi connectivity index (χ1v) is 9.61. The number of nitrogens with zero attached hydrogens (tertiary/aromatic N) is 3. The molecule has 3 rings (SSSR count). The van der Waals surface area contributed by atoms with Crippen molar-refractivity contribution in [1.82, 2.24) is 4.90 Å². The second kappa shape index (κ2) is 8.14. The molecule has 0 atom stereocenters. The first-order valence-electron chi connectivity index (χ1n) is 9.61. The Morgan fingerprint density at radius 3 is 2.47 bits per heavy atom. The molecule has 8 heteroatoms. The van der Waals surface area contributed by atoms with Crippen LogP contribution in [0.3, 0.4) is 0 Å². The van der Waals surface area contributed by atoms with Crippen LogP contribution in [0, 0.1) is 10.1 Å². The number of ether oxygens (including phenoxy) is 1. The Balaban J connectivity index is 1.73. The maximum Gasteiger partial charge on any atom is 0.271 e. The molecule has 0 unspecified atom stereocenters. The van der Waals surface area contributed by atoms with Crippen LogP contribution < -0.4 is 9.64 Å². The molecular formula is C22H25N3O5. The summed E-state index contributed by atoms with van der Waals surface area (Å²) in [6.07, 6.45) is 0. The minimum absolute atomic E-state index is 0.0486. The number of carbonyl (C=O) groups is 2. The van der Waals surface area contributed by atoms with E-state index in [1.807, 2.05) is 12.1 Å². The second-order valence-corrected chi connectivity index (χ2v) is 8.37. The van der Waals surface area contributed by atoms with E-state index in [9.17, 15) is 19.7 Å². The molecule has 2 amide bonds. The van der Waals surface area contributed by atoms with E-state index in [0.717, 1.165) is 5.56 Å². The number of fused-ring (bicyclic) bond motifs is 1. The summed E-state index contributed by atoms with van der Waals surface area (Å²) in [6, 6.07) is 12.1. The first-order chi connectivity index (χ1) is 14.1. The van der Waals surface area contributed by atoms with Gasteiger partial charge in [0.1, 0.15) is 12.3 Å². The van der Waals surface area contributed by atoms with E-state index in [2.05, 4.69) is 32.9 Å². The lowest BCUT2D eigenvalue weighted by atomic mass is 9.87. The van der Waals surface area contributed by atoms with Crippen molar-refractivity contribution in [2.45, 2.75) is 32.7 Å². The molecule has 30 heavy (non-hydrogen) atoms. The normalized spacial score (nSPS) is 13.5. The van der Waals surface area contributed by atoms with Crippen LogP contribution in [0.15, 0.2) is 42.5 Å². The number of carbonyl (C=O) groups excluding carboxylic acids is 2. The maximum atomic E-state index is 12.8. The van der Waals surface area contributed by atoms with Gasteiger partial charge in [0.25, 0.3) is 11.6 Å². The van der Waals surface area contributed by atoms with E-state index >= 15 is 0 Å². The summed E-state index contributed by atoms with van der Waals surface area (Å²) in [5.74, 6) is -0.352. The summed E-state index contributed by atoms with van der Waals surface area (Å²) in [5.41, 5.74) is 2.29. The molecule has 2 aromatic carbocycles. The fourth-order valence-electron chi connectivity index (χ4n) is 3.21. The molecule has 1 aliphatic rings. The fraction of sp³-hybridized carbons (Fsp3) is 0.364. The molecule has 0 aromatic heterocycles. The van der Waals surface area contributed by atoms with Crippen LogP contribution >= 0.6 is 0 Å². The van der Waals surface area contributed by atoms with Gasteiger partial charge in [-0.2, -0.15) is 0 Å². The Bertz CT molecular complexity index is 979. The number of amides is 2. The van der Waals surface area contributed by atoms with Crippen molar-refractivity contribution in [2.75, 3.05) is 25.1 Å². The maximum absolute atomic E-state index is 12.8. The van der Waals surface area contributed by atoms with Crippen molar-refractivity contribution >= 4 is 23.2 Å². The summed E-state index contributed by atoms with van der Waals surface area (Å²) in [5, 5.41) is 11.1. The van der Waals surface area contributed by atoms with Crippen LogP contribution in [-0.4, -0.2) is 41.8 Å². The van der Waals surface area contributed by atoms with E-state index < -0.39 is 10.8 Å². The summed E-state index contributed by atoms with van der Waals surface area (Å²) in [7, 11) is 1.67. The third kappa shape index (κ3) is 4.59. The van der Waals surface area contributed by atoms with Crippen LogP contribution in [-0.2, 0) is 21.5 Å². The van der Waals surface area contributed by atoms with Gasteiger partial charge in [-0.1, -0.05) is 45.0 Å². The Morgan fingerprint density at radius 1 is 1.20 bits per heavy atom. The summed E-state index contributed by atoms with van der Waals surface area (Å²) in [4.78, 5) is 38.4. The minimum atomic E-state index is -0.549. The average molecular weight is 411 g/mol. The lowest BCUT2D eigenvalue weighted by molar-refractivity contribution is -0.384. The van der Waals surface area contributed by atoms with Gasteiger partial charge in [0.15, 0.2) is 6.61 Å². The van der Waals surface area contributed by atoms with Gasteiger partial charge in [0, 0.05) is 25.7 Å². The van der Waals surface area contributed by atoms with E-state index in [4.69, 9.17) is 4.74 Å². The zero-order valence-corrected chi connectivity index (χ0v) is 17.5. The zero-order chi connectivity index (χ0) is 22.1. The van der Waals surface area contributed by atoms with Gasteiger partial charge in [0.2, 0.25) is 5.91 Å². The van der Waals surface area contributed by atoms with Crippen molar-refractivity contribution in [2.24, 2.45) is 0 Å². The van der Waals surface area contributed by atoms with Crippen molar-refractivity contribution < 1.29 is 19.2 Å². The van der Waals surface area contributed by atoms with Crippen LogP contribution in [0.1, 0.15) is 31.9 Å². The number of anilines is 1. The Labute approximate surface area is 175 Å². The number of nitro groups is 1. The molecule has 0 aliphatic carbocycles. The third-order valence-electron chi connectivity index (χ3n) is 5.06. The smallest absolute Gasteiger partial charge is 0.271 e. The fourth-order valence-corrected chi connectivity index (χ4v) is 3.21. The number of rotatable bonds is 5. The molecule has 1 aliphatic heterocycles. The molecule has 0 fully saturated rings. The monoisotopic (exact) mass is 411 g/mol. The van der Waals surface area contributed by atoms with Crippen LogP contribution in [0.25, 0.3) is 0 Å². The zero-order valence-electron chi connectivity index (χ0n) is 17.5. The quantitative estimate of drug-likeness (QED) is 0.556. The molecular weight excluding hydrogens is 386 g/mol. The highest BCUT2D eigenvalue weighted by atomic mass is 16.6. The molecule has 0 saturated carbocycles. The number of likely N-dealkylation sites (N-methyl/N-ethyl adjacent to an activating group) is 1. The topological polar surface area (TPSA) is 93.0 Å². The number of hydrogen-bond acceptors (Lipinski definition) is 5. The molecule has 2 aromatic rings. The number of non-ortho nitro benzene ring substituents is 1. The van der Waals surface area contributed by atoms with E-state index in [1.54, 1.807) is 7.05 Å². The lowest BCUT2D eigenvalue weighted by Crippen LogP contribution is -2.45. The average Bonchev–Trinajstić information content (AvgIpc) is 2.69. The third-order valence-corrected chi connectivity index (χ3v) is 5.06. The van der Waals surface area contributed by atoms with E-state index in [-0.39, 0.29) is 35.8 Å². The van der Waals surface area contributed by atoms with Crippen LogP contribution in [0.2, 0.25) is 0 Å². The van der Waals surface area contributed by atoms with Gasteiger partial charge < -0.3 is 9.64 Å². The molecule has 8 nitrogen and oxygen atoms in total. The van der Waals surface area contributed by atoms with Crippen molar-refractivity contribution in [1.29, 1.82) is 0 Å². The lowest BCUT2D eigenvalue weighted by Gasteiger charge is -2.30. The number of nitro benzene ring substituents is 1. The molecule has 0 bridgehead atoms. The van der Waals surface area contributed by atoms with Crippen LogP contribution in [0.5, 0.6) is 5.75 Å². The molecule has 0 saturated heterocycles. The van der Waals surface area contributed by atoms with Gasteiger partial charge in [-0.15, -0.1) is 0 Å². The van der Waals surface area contributed by atoms with Gasteiger partial charge >= 0.3 is 0 Å². The second-order valence-electron chi connectivity index (χ2n) is 8.37. The largest absolute Gasteiger partial charge is 0.482 e. The predicted molar refractivity (Wildman–Crippen MR) is 113 cm³/mol. The first kappa shape index (κ1) is 21.3. The van der Waals surface area contributed by atoms with Gasteiger partial charge in [-0.05, 0) is 22.6 Å².